The number of carbonyl (C=O) groups is 1. The SMILES string of the molecule is Cc1ccc(-c2ccc(C)c(NCC(=O)N3CCc4c(OCC(C)(C)O)cccc43)c2)nc1. The molecule has 2 heterocycles. The number of amides is 1. The molecule has 0 unspecified atom stereocenters. The molecule has 6 heteroatoms. The number of aromatic nitrogens is 1. The highest BCUT2D eigenvalue weighted by Gasteiger charge is 2.27. The predicted molar refractivity (Wildman–Crippen MR) is 132 cm³/mol. The fraction of sp³-hybridized carbons (Fsp3) is 0.333. The normalized spacial score (nSPS) is 13.1. The highest BCUT2D eigenvalue weighted by molar-refractivity contribution is 5.98. The molecule has 1 aliphatic heterocycles. The monoisotopic (exact) mass is 445 g/mol. The molecule has 1 aromatic heterocycles. The number of aryl methyl sites for hydroxylation is 2. The number of rotatable bonds is 7. The maximum Gasteiger partial charge on any atom is 0.246 e. The van der Waals surface area contributed by atoms with E-state index < -0.39 is 5.60 Å². The molecule has 0 bridgehead atoms. The number of nitrogens with zero attached hydrogens (tertiary/aromatic N) is 2. The van der Waals surface area contributed by atoms with Gasteiger partial charge in [-0.3, -0.25) is 9.78 Å². The van der Waals surface area contributed by atoms with Gasteiger partial charge in [0.25, 0.3) is 0 Å². The first kappa shape index (κ1) is 22.8. The van der Waals surface area contributed by atoms with E-state index in [0.717, 1.165) is 51.5 Å². The smallest absolute Gasteiger partial charge is 0.246 e. The first-order valence-corrected chi connectivity index (χ1v) is 11.3. The lowest BCUT2D eigenvalue weighted by Crippen LogP contribution is -2.34. The highest BCUT2D eigenvalue weighted by atomic mass is 16.5. The van der Waals surface area contributed by atoms with Crippen LogP contribution in [0, 0.1) is 13.8 Å². The van der Waals surface area contributed by atoms with Crippen LogP contribution >= 0.6 is 0 Å². The summed E-state index contributed by atoms with van der Waals surface area (Å²) in [7, 11) is 0. The van der Waals surface area contributed by atoms with Crippen LogP contribution in [0.3, 0.4) is 0 Å². The van der Waals surface area contributed by atoms with Gasteiger partial charge in [-0.1, -0.05) is 24.3 Å². The third-order valence-corrected chi connectivity index (χ3v) is 5.74. The average molecular weight is 446 g/mol. The van der Waals surface area contributed by atoms with Crippen LogP contribution in [0.2, 0.25) is 0 Å². The van der Waals surface area contributed by atoms with Crippen molar-refractivity contribution in [2.45, 2.75) is 39.7 Å². The topological polar surface area (TPSA) is 74.7 Å². The molecular weight excluding hydrogens is 414 g/mol. The van der Waals surface area contributed by atoms with E-state index in [1.165, 1.54) is 0 Å². The molecule has 0 fully saturated rings. The minimum absolute atomic E-state index is 0.00616. The first-order valence-electron chi connectivity index (χ1n) is 11.3. The number of anilines is 2. The summed E-state index contributed by atoms with van der Waals surface area (Å²) in [5.74, 6) is 0.735. The van der Waals surface area contributed by atoms with Crippen LogP contribution in [-0.4, -0.2) is 41.3 Å². The molecule has 1 aliphatic rings. The summed E-state index contributed by atoms with van der Waals surface area (Å²) in [5, 5.41) is 13.3. The second-order valence-electron chi connectivity index (χ2n) is 9.25. The number of carbonyl (C=O) groups excluding carboxylic acids is 1. The molecule has 0 saturated carbocycles. The molecule has 0 atom stereocenters. The average Bonchev–Trinajstić information content (AvgIpc) is 3.22. The van der Waals surface area contributed by atoms with Gasteiger partial charge >= 0.3 is 0 Å². The van der Waals surface area contributed by atoms with E-state index in [9.17, 15) is 9.90 Å². The lowest BCUT2D eigenvalue weighted by Gasteiger charge is -2.21. The number of ether oxygens (including phenoxy) is 1. The number of aliphatic hydroxyl groups is 1. The van der Waals surface area contributed by atoms with Crippen molar-refractivity contribution in [2.24, 2.45) is 0 Å². The molecule has 3 aromatic rings. The van der Waals surface area contributed by atoms with E-state index >= 15 is 0 Å². The molecule has 0 radical (unpaired) electrons. The van der Waals surface area contributed by atoms with Crippen molar-refractivity contribution >= 4 is 17.3 Å². The number of pyridine rings is 1. The Labute approximate surface area is 195 Å². The quantitative estimate of drug-likeness (QED) is 0.559. The highest BCUT2D eigenvalue weighted by Crippen LogP contribution is 2.35. The summed E-state index contributed by atoms with van der Waals surface area (Å²) in [6, 6.07) is 15.9. The predicted octanol–water partition coefficient (Wildman–Crippen LogP) is 4.52. The molecule has 1 amide bonds. The fourth-order valence-electron chi connectivity index (χ4n) is 3.93. The standard InChI is InChI=1S/C27H31N3O3/c1-18-8-11-22(28-15-18)20-10-9-19(2)23(14-20)29-16-26(31)30-13-12-21-24(30)6-5-7-25(21)33-17-27(3,4)32/h5-11,14-15,29,32H,12-13,16-17H2,1-4H3. The zero-order chi connectivity index (χ0) is 23.6. The number of hydrogen-bond acceptors (Lipinski definition) is 5. The van der Waals surface area contributed by atoms with Crippen LogP contribution in [0.15, 0.2) is 54.7 Å². The lowest BCUT2D eigenvalue weighted by atomic mass is 10.1. The van der Waals surface area contributed by atoms with E-state index in [-0.39, 0.29) is 19.1 Å². The van der Waals surface area contributed by atoms with E-state index in [1.807, 2.05) is 68.6 Å². The van der Waals surface area contributed by atoms with Gasteiger partial charge in [-0.15, -0.1) is 0 Å². The third-order valence-electron chi connectivity index (χ3n) is 5.74. The summed E-state index contributed by atoms with van der Waals surface area (Å²) in [6.45, 7) is 8.47. The molecule has 172 valence electrons. The number of hydrogen-bond donors (Lipinski definition) is 2. The van der Waals surface area contributed by atoms with Gasteiger partial charge in [-0.05, 0) is 69.5 Å². The van der Waals surface area contributed by atoms with Gasteiger partial charge in [-0.2, -0.15) is 0 Å². The van der Waals surface area contributed by atoms with Gasteiger partial charge < -0.3 is 20.1 Å². The Morgan fingerprint density at radius 1 is 1.18 bits per heavy atom. The molecule has 4 rings (SSSR count). The minimum Gasteiger partial charge on any atom is -0.490 e. The second-order valence-corrected chi connectivity index (χ2v) is 9.25. The van der Waals surface area contributed by atoms with E-state index in [1.54, 1.807) is 18.7 Å². The van der Waals surface area contributed by atoms with Gasteiger partial charge in [0, 0.05) is 29.6 Å². The second kappa shape index (κ2) is 9.24. The Balaban J connectivity index is 1.46. The summed E-state index contributed by atoms with van der Waals surface area (Å²) >= 11 is 0. The Morgan fingerprint density at radius 3 is 2.73 bits per heavy atom. The van der Waals surface area contributed by atoms with Gasteiger partial charge in [0.1, 0.15) is 12.4 Å². The summed E-state index contributed by atoms with van der Waals surface area (Å²) in [5.41, 5.74) is 6.00. The Kier molecular flexibility index (Phi) is 6.38. The van der Waals surface area contributed by atoms with Crippen molar-refractivity contribution in [2.75, 3.05) is 29.9 Å². The largest absolute Gasteiger partial charge is 0.490 e. The van der Waals surface area contributed by atoms with Gasteiger partial charge in [-0.25, -0.2) is 0 Å². The lowest BCUT2D eigenvalue weighted by molar-refractivity contribution is -0.116. The van der Waals surface area contributed by atoms with Crippen LogP contribution in [0.1, 0.15) is 30.5 Å². The van der Waals surface area contributed by atoms with Crippen LogP contribution < -0.4 is 15.0 Å². The zero-order valence-electron chi connectivity index (χ0n) is 19.7. The number of benzene rings is 2. The van der Waals surface area contributed by atoms with Crippen molar-refractivity contribution in [1.29, 1.82) is 0 Å². The van der Waals surface area contributed by atoms with Crippen molar-refractivity contribution < 1.29 is 14.6 Å². The van der Waals surface area contributed by atoms with Crippen LogP contribution in [0.5, 0.6) is 5.75 Å². The van der Waals surface area contributed by atoms with Crippen molar-refractivity contribution in [3.8, 4) is 17.0 Å². The van der Waals surface area contributed by atoms with Gasteiger partial charge in [0.15, 0.2) is 0 Å². The van der Waals surface area contributed by atoms with E-state index in [4.69, 9.17) is 4.74 Å². The van der Waals surface area contributed by atoms with Gasteiger partial charge in [0.05, 0.1) is 23.5 Å². The molecule has 33 heavy (non-hydrogen) atoms. The zero-order valence-corrected chi connectivity index (χ0v) is 19.7. The molecule has 0 aliphatic carbocycles. The van der Waals surface area contributed by atoms with Crippen molar-refractivity contribution in [1.82, 2.24) is 4.98 Å². The van der Waals surface area contributed by atoms with Crippen LogP contribution in [0.4, 0.5) is 11.4 Å². The Hall–Kier alpha value is -3.38. The molecule has 2 N–H and O–H groups in total. The molecule has 0 spiro atoms. The van der Waals surface area contributed by atoms with Crippen molar-refractivity contribution in [3.63, 3.8) is 0 Å². The molecule has 0 saturated heterocycles. The fourth-order valence-corrected chi connectivity index (χ4v) is 3.93. The minimum atomic E-state index is -0.915. The van der Waals surface area contributed by atoms with Crippen molar-refractivity contribution in [3.05, 3.63) is 71.4 Å². The maximum atomic E-state index is 13.1. The summed E-state index contributed by atoms with van der Waals surface area (Å²) < 4.78 is 5.84. The van der Waals surface area contributed by atoms with Crippen LogP contribution in [-0.2, 0) is 11.2 Å². The molecule has 2 aromatic carbocycles. The van der Waals surface area contributed by atoms with E-state index in [0.29, 0.717) is 6.54 Å². The Morgan fingerprint density at radius 2 is 2.00 bits per heavy atom. The first-order chi connectivity index (χ1) is 15.7. The summed E-state index contributed by atoms with van der Waals surface area (Å²) in [6.07, 6.45) is 2.59. The maximum absolute atomic E-state index is 13.1. The number of nitrogens with one attached hydrogen (secondary N) is 1. The van der Waals surface area contributed by atoms with Crippen LogP contribution in [0.25, 0.3) is 11.3 Å². The number of fused-ring (bicyclic) bond motifs is 1. The van der Waals surface area contributed by atoms with Gasteiger partial charge in [0.2, 0.25) is 5.91 Å². The van der Waals surface area contributed by atoms with E-state index in [2.05, 4.69) is 10.3 Å². The summed E-state index contributed by atoms with van der Waals surface area (Å²) in [4.78, 5) is 19.4. The Bertz CT molecular complexity index is 1150. The molecule has 6 nitrogen and oxygen atoms in total. The molecular formula is C27H31N3O3. The third kappa shape index (κ3) is 5.34.